The van der Waals surface area contributed by atoms with Crippen molar-refractivity contribution >= 4 is 28.8 Å². The summed E-state index contributed by atoms with van der Waals surface area (Å²) in [5, 5.41) is 5.11. The van der Waals surface area contributed by atoms with Crippen molar-refractivity contribution in [3.8, 4) is 0 Å². The number of nitrogens with two attached hydrogens (primary N) is 1. The molecule has 5 heteroatoms. The first kappa shape index (κ1) is 16.7. The minimum Gasteiger partial charge on any atom is -0.369 e. The fourth-order valence-electron chi connectivity index (χ4n) is 3.45. The van der Waals surface area contributed by atoms with Gasteiger partial charge >= 0.3 is 0 Å². The molecule has 0 radical (unpaired) electrons. The topological polar surface area (TPSA) is 72.2 Å². The lowest BCUT2D eigenvalue weighted by molar-refractivity contribution is -0.122. The fraction of sp³-hybridized carbons (Fsp3) is 0.368. The quantitative estimate of drug-likeness (QED) is 0.871. The number of rotatable bonds is 5. The zero-order valence-corrected chi connectivity index (χ0v) is 14.4. The maximum atomic E-state index is 13.1. The number of anilines is 1. The molecular formula is C19H22N2O2S. The summed E-state index contributed by atoms with van der Waals surface area (Å²) >= 11 is 1.66. The average Bonchev–Trinajstić information content (AvgIpc) is 3.12. The minimum absolute atomic E-state index is 0.0762. The van der Waals surface area contributed by atoms with Gasteiger partial charge in [0.2, 0.25) is 11.8 Å². The Morgan fingerprint density at radius 2 is 1.79 bits per heavy atom. The second-order valence-corrected chi connectivity index (χ2v) is 7.36. The molecule has 3 rings (SSSR count). The molecule has 1 fully saturated rings. The third-order valence-corrected chi connectivity index (χ3v) is 5.80. The van der Waals surface area contributed by atoms with Gasteiger partial charge < -0.3 is 11.1 Å². The summed E-state index contributed by atoms with van der Waals surface area (Å²) < 4.78 is 0. The molecule has 3 N–H and O–H groups in total. The number of carbonyl (C=O) groups is 2. The van der Waals surface area contributed by atoms with Gasteiger partial charge in [0.1, 0.15) is 0 Å². The molecule has 1 aromatic heterocycles. The van der Waals surface area contributed by atoms with Crippen LogP contribution in [0.15, 0.2) is 41.8 Å². The van der Waals surface area contributed by atoms with Gasteiger partial charge in [-0.05, 0) is 42.0 Å². The highest BCUT2D eigenvalue weighted by Crippen LogP contribution is 2.42. The van der Waals surface area contributed by atoms with E-state index >= 15 is 0 Å². The van der Waals surface area contributed by atoms with E-state index in [9.17, 15) is 9.59 Å². The number of carbonyl (C=O) groups excluding carboxylic acids is 2. The first-order valence-corrected chi connectivity index (χ1v) is 9.21. The highest BCUT2D eigenvalue weighted by Gasteiger charge is 2.41. The van der Waals surface area contributed by atoms with E-state index in [2.05, 4.69) is 11.4 Å². The summed E-state index contributed by atoms with van der Waals surface area (Å²) in [6.07, 6.45) is 5.39. The van der Waals surface area contributed by atoms with Gasteiger partial charge in [-0.25, -0.2) is 0 Å². The van der Waals surface area contributed by atoms with E-state index in [0.29, 0.717) is 0 Å². The zero-order valence-electron chi connectivity index (χ0n) is 13.6. The Bertz CT molecular complexity index is 701. The van der Waals surface area contributed by atoms with Gasteiger partial charge in [0.05, 0.1) is 11.8 Å². The number of benzene rings is 1. The van der Waals surface area contributed by atoms with E-state index in [4.69, 9.17) is 5.73 Å². The highest BCUT2D eigenvalue weighted by atomic mass is 32.1. The van der Waals surface area contributed by atoms with E-state index < -0.39 is 5.41 Å². The molecule has 0 spiro atoms. The number of nitrogens with one attached hydrogen (secondary N) is 1. The monoisotopic (exact) mass is 342 g/mol. The number of hydrogen-bond donors (Lipinski definition) is 2. The lowest BCUT2D eigenvalue weighted by Crippen LogP contribution is -2.41. The van der Waals surface area contributed by atoms with Crippen molar-refractivity contribution in [3.05, 3.63) is 52.2 Å². The Morgan fingerprint density at radius 3 is 2.38 bits per heavy atom. The molecule has 1 aliphatic carbocycles. The van der Waals surface area contributed by atoms with E-state index in [-0.39, 0.29) is 18.2 Å². The van der Waals surface area contributed by atoms with Gasteiger partial charge in [-0.2, -0.15) is 0 Å². The molecule has 0 aliphatic heterocycles. The first-order chi connectivity index (χ1) is 11.6. The molecule has 4 nitrogen and oxygen atoms in total. The standard InChI is InChI=1S/C19H22N2O2S/c20-17(22)13-14-6-8-15(9-7-14)21-18(23)19(10-2-1-3-11-19)16-5-4-12-24-16/h4-9,12H,1-3,10-11,13H2,(H2,20,22)(H,21,23). The van der Waals surface area contributed by atoms with Crippen LogP contribution in [-0.4, -0.2) is 11.8 Å². The molecule has 0 saturated heterocycles. The van der Waals surface area contributed by atoms with Gasteiger partial charge in [0.15, 0.2) is 0 Å². The van der Waals surface area contributed by atoms with Gasteiger partial charge in [-0.3, -0.25) is 9.59 Å². The van der Waals surface area contributed by atoms with Gasteiger partial charge in [-0.1, -0.05) is 37.5 Å². The van der Waals surface area contributed by atoms with E-state index in [0.717, 1.165) is 41.8 Å². The van der Waals surface area contributed by atoms with Crippen molar-refractivity contribution < 1.29 is 9.59 Å². The Balaban J connectivity index is 1.77. The summed E-state index contributed by atoms with van der Waals surface area (Å²) in [6.45, 7) is 0. The number of amides is 2. The van der Waals surface area contributed by atoms with Crippen molar-refractivity contribution in [2.45, 2.75) is 43.9 Å². The van der Waals surface area contributed by atoms with Gasteiger partial charge in [-0.15, -0.1) is 11.3 Å². The van der Waals surface area contributed by atoms with Crippen LogP contribution in [0, 0.1) is 0 Å². The molecule has 2 amide bonds. The molecule has 0 atom stereocenters. The molecule has 1 aromatic carbocycles. The number of hydrogen-bond acceptors (Lipinski definition) is 3. The maximum absolute atomic E-state index is 13.1. The lowest BCUT2D eigenvalue weighted by Gasteiger charge is -2.35. The third-order valence-electron chi connectivity index (χ3n) is 4.72. The smallest absolute Gasteiger partial charge is 0.235 e. The van der Waals surface area contributed by atoms with Crippen molar-refractivity contribution in [2.75, 3.05) is 5.32 Å². The fourth-order valence-corrected chi connectivity index (χ4v) is 4.43. The van der Waals surface area contributed by atoms with E-state index in [1.807, 2.05) is 35.7 Å². The summed E-state index contributed by atoms with van der Waals surface area (Å²) in [4.78, 5) is 25.2. The van der Waals surface area contributed by atoms with E-state index in [1.54, 1.807) is 11.3 Å². The van der Waals surface area contributed by atoms with Crippen LogP contribution in [0.3, 0.4) is 0 Å². The van der Waals surface area contributed by atoms with Gasteiger partial charge in [0.25, 0.3) is 0 Å². The summed E-state index contributed by atoms with van der Waals surface area (Å²) in [5.74, 6) is -0.280. The van der Waals surface area contributed by atoms with Crippen LogP contribution < -0.4 is 11.1 Å². The van der Waals surface area contributed by atoms with Gasteiger partial charge in [0, 0.05) is 10.6 Å². The molecule has 2 aromatic rings. The van der Waals surface area contributed by atoms with Crippen LogP contribution in [0.5, 0.6) is 0 Å². The van der Waals surface area contributed by atoms with Crippen LogP contribution in [0.25, 0.3) is 0 Å². The normalized spacial score (nSPS) is 16.5. The Hall–Kier alpha value is -2.14. The Kier molecular flexibility index (Phi) is 5.00. The van der Waals surface area contributed by atoms with Crippen molar-refractivity contribution in [1.29, 1.82) is 0 Å². The maximum Gasteiger partial charge on any atom is 0.235 e. The SMILES string of the molecule is NC(=O)Cc1ccc(NC(=O)C2(c3cccs3)CCCCC2)cc1. The highest BCUT2D eigenvalue weighted by molar-refractivity contribution is 7.10. The molecular weight excluding hydrogens is 320 g/mol. The third kappa shape index (κ3) is 3.51. The van der Waals surface area contributed by atoms with Crippen molar-refractivity contribution in [3.63, 3.8) is 0 Å². The van der Waals surface area contributed by atoms with Crippen molar-refractivity contribution in [2.24, 2.45) is 5.73 Å². The molecule has 24 heavy (non-hydrogen) atoms. The largest absolute Gasteiger partial charge is 0.369 e. The molecule has 1 heterocycles. The summed E-state index contributed by atoms with van der Waals surface area (Å²) in [5.41, 5.74) is 6.41. The average molecular weight is 342 g/mol. The number of primary amides is 1. The minimum atomic E-state index is -0.404. The molecule has 1 saturated carbocycles. The summed E-state index contributed by atoms with van der Waals surface area (Å²) in [7, 11) is 0. The van der Waals surface area contributed by atoms with Crippen LogP contribution in [0.4, 0.5) is 5.69 Å². The summed E-state index contributed by atoms with van der Waals surface area (Å²) in [6, 6.07) is 11.4. The molecule has 126 valence electrons. The zero-order chi connectivity index (χ0) is 17.0. The molecule has 0 bridgehead atoms. The molecule has 1 aliphatic rings. The second kappa shape index (κ2) is 7.18. The number of thiophene rings is 1. The van der Waals surface area contributed by atoms with Crippen LogP contribution >= 0.6 is 11.3 Å². The second-order valence-electron chi connectivity index (χ2n) is 6.41. The van der Waals surface area contributed by atoms with E-state index in [1.165, 1.54) is 6.42 Å². The molecule has 0 unspecified atom stereocenters. The van der Waals surface area contributed by atoms with Crippen LogP contribution in [0.2, 0.25) is 0 Å². The predicted molar refractivity (Wildman–Crippen MR) is 97.1 cm³/mol. The van der Waals surface area contributed by atoms with Crippen molar-refractivity contribution in [1.82, 2.24) is 0 Å². The van der Waals surface area contributed by atoms with Crippen LogP contribution in [-0.2, 0) is 21.4 Å². The lowest BCUT2D eigenvalue weighted by atomic mass is 9.72. The Morgan fingerprint density at radius 1 is 1.08 bits per heavy atom. The first-order valence-electron chi connectivity index (χ1n) is 8.33. The van der Waals surface area contributed by atoms with Crippen LogP contribution in [0.1, 0.15) is 42.5 Å². The predicted octanol–water partition coefficient (Wildman–Crippen LogP) is 3.62. The Labute approximate surface area is 146 Å².